The van der Waals surface area contributed by atoms with Crippen LogP contribution in [-0.4, -0.2) is 98.0 Å². The number of benzene rings is 1. The van der Waals surface area contributed by atoms with Crippen molar-refractivity contribution in [3.63, 3.8) is 0 Å². The van der Waals surface area contributed by atoms with Crippen molar-refractivity contribution in [2.75, 3.05) is 50.7 Å². The van der Waals surface area contributed by atoms with E-state index in [2.05, 4.69) is 15.0 Å². The number of aliphatic hydroxyl groups is 1. The molecule has 1 N–H and O–H groups in total. The summed E-state index contributed by atoms with van der Waals surface area (Å²) in [5, 5.41) is 16.0. The van der Waals surface area contributed by atoms with Gasteiger partial charge in [0.15, 0.2) is 5.65 Å². The number of carbonyl (C=O) groups is 1. The lowest BCUT2D eigenvalue weighted by Crippen LogP contribution is -2.51. The monoisotopic (exact) mass is 555 g/mol. The van der Waals surface area contributed by atoms with E-state index in [0.717, 1.165) is 24.2 Å². The Balaban J connectivity index is 1.16. The van der Waals surface area contributed by atoms with E-state index in [9.17, 15) is 23.5 Å². The zero-order chi connectivity index (χ0) is 28.1. The first-order valence-corrected chi connectivity index (χ1v) is 14.0. The van der Waals surface area contributed by atoms with E-state index < -0.39 is 12.0 Å². The Bertz CT molecular complexity index is 1450. The molecule has 1 aromatic carbocycles. The Morgan fingerprint density at radius 1 is 1.05 bits per heavy atom. The van der Waals surface area contributed by atoms with Crippen molar-refractivity contribution in [2.24, 2.45) is 5.41 Å². The number of carbonyl (C=O) groups excluding carboxylic acids is 1. The van der Waals surface area contributed by atoms with Crippen molar-refractivity contribution in [1.29, 1.82) is 0 Å². The molecule has 2 saturated heterocycles. The molecule has 3 aromatic rings. The van der Waals surface area contributed by atoms with Crippen molar-refractivity contribution in [3.8, 4) is 5.69 Å². The van der Waals surface area contributed by atoms with Crippen LogP contribution in [0.1, 0.15) is 32.6 Å². The highest BCUT2D eigenvalue weighted by atomic mass is 19.3. The molecule has 2 aliphatic heterocycles. The fraction of sp³-hybridized carbons (Fsp3) is 0.571. The third-order valence-corrected chi connectivity index (χ3v) is 8.72. The molecule has 12 heteroatoms. The summed E-state index contributed by atoms with van der Waals surface area (Å²) in [6.45, 7) is 5.28. The van der Waals surface area contributed by atoms with Crippen LogP contribution in [-0.2, 0) is 11.3 Å². The number of anilines is 1. The Morgan fingerprint density at radius 3 is 2.42 bits per heavy atom. The number of piperazine rings is 1. The van der Waals surface area contributed by atoms with Crippen LogP contribution in [0, 0.1) is 5.41 Å². The lowest BCUT2D eigenvalue weighted by atomic mass is 9.90. The average Bonchev–Trinajstić information content (AvgIpc) is 3.54. The predicted molar refractivity (Wildman–Crippen MR) is 146 cm³/mol. The van der Waals surface area contributed by atoms with Crippen LogP contribution in [0.5, 0.6) is 0 Å². The van der Waals surface area contributed by atoms with Crippen LogP contribution in [0.15, 0.2) is 41.6 Å². The molecule has 0 atom stereocenters. The number of rotatable bonds is 7. The van der Waals surface area contributed by atoms with E-state index in [1.807, 2.05) is 36.1 Å². The first-order valence-electron chi connectivity index (χ1n) is 14.0. The number of aromatic nitrogens is 4. The largest absolute Gasteiger partial charge is 0.388 e. The zero-order valence-corrected chi connectivity index (χ0v) is 22.7. The van der Waals surface area contributed by atoms with E-state index in [1.54, 1.807) is 9.58 Å². The number of hydrogen-bond donors (Lipinski definition) is 1. The quantitative estimate of drug-likeness (QED) is 0.477. The number of alkyl halides is 2. The lowest BCUT2D eigenvalue weighted by molar-refractivity contribution is -0.141. The van der Waals surface area contributed by atoms with Gasteiger partial charge in [-0.15, -0.1) is 0 Å². The maximum Gasteiger partial charge on any atom is 0.264 e. The predicted octanol–water partition coefficient (Wildman–Crippen LogP) is 2.12. The number of hydrogen-bond acceptors (Lipinski definition) is 7. The van der Waals surface area contributed by atoms with Crippen molar-refractivity contribution in [2.45, 2.75) is 51.2 Å². The minimum absolute atomic E-state index is 0.103. The number of nitrogens with zero attached hydrogens (tertiary/aromatic N) is 7. The summed E-state index contributed by atoms with van der Waals surface area (Å²) in [7, 11) is 0. The first kappa shape index (κ1) is 26.8. The van der Waals surface area contributed by atoms with E-state index in [-0.39, 0.29) is 30.0 Å². The van der Waals surface area contributed by atoms with Gasteiger partial charge in [0.25, 0.3) is 12.0 Å². The standard InChI is InChI=1S/C28H35F2N7O3/c1-27(5-6-27)26(39)35-9-7-28(40,8-10-35)18-36-19-31-24-22(25(36)38)16-32-37(24)21-4-2-3-20(15-21)34-13-11-33(12-14-34)17-23(29)30/h2-4,15-16,19,23,40H,5-14,17-18H2,1H3. The maximum atomic E-state index is 13.4. The van der Waals surface area contributed by atoms with E-state index >= 15 is 0 Å². The third-order valence-electron chi connectivity index (χ3n) is 8.72. The van der Waals surface area contributed by atoms with Gasteiger partial charge in [0.2, 0.25) is 5.91 Å². The highest BCUT2D eigenvalue weighted by Gasteiger charge is 2.48. The van der Waals surface area contributed by atoms with Gasteiger partial charge in [-0.05, 0) is 43.9 Å². The summed E-state index contributed by atoms with van der Waals surface area (Å²) >= 11 is 0. The second-order valence-corrected chi connectivity index (χ2v) is 11.7. The summed E-state index contributed by atoms with van der Waals surface area (Å²) in [5.41, 5.74) is 0.516. The van der Waals surface area contributed by atoms with Gasteiger partial charge in [0.1, 0.15) is 11.7 Å². The van der Waals surface area contributed by atoms with Gasteiger partial charge < -0.3 is 14.9 Å². The molecule has 0 spiro atoms. The van der Waals surface area contributed by atoms with Crippen molar-refractivity contribution >= 4 is 22.6 Å². The van der Waals surface area contributed by atoms with Gasteiger partial charge in [-0.3, -0.25) is 19.1 Å². The Labute approximate surface area is 230 Å². The maximum absolute atomic E-state index is 13.4. The molecule has 3 aliphatic rings. The number of fused-ring (bicyclic) bond motifs is 1. The molecule has 0 unspecified atom stereocenters. The molecule has 40 heavy (non-hydrogen) atoms. The molecule has 1 amide bonds. The van der Waals surface area contributed by atoms with Crippen molar-refractivity contribution < 1.29 is 18.7 Å². The van der Waals surface area contributed by atoms with Crippen LogP contribution in [0.3, 0.4) is 0 Å². The molecule has 2 aromatic heterocycles. The van der Waals surface area contributed by atoms with Crippen LogP contribution in [0.4, 0.5) is 14.5 Å². The SMILES string of the molecule is CC1(C(=O)N2CCC(O)(Cn3cnc4c(cnn4-c4cccc(N5CCN(CC(F)F)CC5)c4)c3=O)CC2)CC1. The molecule has 4 heterocycles. The van der Waals surface area contributed by atoms with E-state index in [4.69, 9.17) is 0 Å². The normalized spacial score (nSPS) is 20.8. The smallest absolute Gasteiger partial charge is 0.264 e. The zero-order valence-electron chi connectivity index (χ0n) is 22.7. The molecule has 0 bridgehead atoms. The molecule has 10 nitrogen and oxygen atoms in total. The molecular weight excluding hydrogens is 520 g/mol. The van der Waals surface area contributed by atoms with Gasteiger partial charge >= 0.3 is 0 Å². The summed E-state index contributed by atoms with van der Waals surface area (Å²) in [6, 6.07) is 7.72. The summed E-state index contributed by atoms with van der Waals surface area (Å²) in [6.07, 6.45) is 3.28. The number of halogens is 2. The van der Waals surface area contributed by atoms with Crippen LogP contribution < -0.4 is 10.5 Å². The topological polar surface area (TPSA) is 99.7 Å². The van der Waals surface area contributed by atoms with Crippen LogP contribution in [0.2, 0.25) is 0 Å². The molecule has 1 saturated carbocycles. The summed E-state index contributed by atoms with van der Waals surface area (Å²) in [5.74, 6) is 0.167. The third kappa shape index (κ3) is 5.22. The number of amides is 1. The number of piperidine rings is 1. The molecule has 6 rings (SSSR count). The average molecular weight is 556 g/mol. The van der Waals surface area contributed by atoms with Gasteiger partial charge in [-0.25, -0.2) is 18.4 Å². The first-order chi connectivity index (χ1) is 19.1. The minimum atomic E-state index is -2.33. The van der Waals surface area contributed by atoms with Gasteiger partial charge in [0, 0.05) is 50.4 Å². The Kier molecular flexibility index (Phi) is 6.86. The summed E-state index contributed by atoms with van der Waals surface area (Å²) < 4.78 is 28.5. The Hall–Kier alpha value is -3.38. The minimum Gasteiger partial charge on any atom is -0.388 e. The van der Waals surface area contributed by atoms with Crippen molar-refractivity contribution in [3.05, 3.63) is 47.1 Å². The summed E-state index contributed by atoms with van der Waals surface area (Å²) in [4.78, 5) is 36.3. The van der Waals surface area contributed by atoms with E-state index in [1.165, 1.54) is 17.1 Å². The highest BCUT2D eigenvalue weighted by Crippen LogP contribution is 2.47. The van der Waals surface area contributed by atoms with Crippen molar-refractivity contribution in [1.82, 2.24) is 29.1 Å². The molecular formula is C28H35F2N7O3. The molecule has 214 valence electrons. The molecule has 1 aliphatic carbocycles. The van der Waals surface area contributed by atoms with Gasteiger partial charge in [0.05, 0.1) is 30.6 Å². The van der Waals surface area contributed by atoms with Gasteiger partial charge in [-0.1, -0.05) is 13.0 Å². The second kappa shape index (κ2) is 10.2. The fourth-order valence-corrected chi connectivity index (χ4v) is 5.84. The molecule has 3 fully saturated rings. The van der Waals surface area contributed by atoms with Crippen LogP contribution >= 0.6 is 0 Å². The van der Waals surface area contributed by atoms with E-state index in [0.29, 0.717) is 63.1 Å². The van der Waals surface area contributed by atoms with Crippen LogP contribution in [0.25, 0.3) is 16.7 Å². The highest BCUT2D eigenvalue weighted by molar-refractivity contribution is 5.85. The number of likely N-dealkylation sites (tertiary alicyclic amines) is 1. The van der Waals surface area contributed by atoms with Gasteiger partial charge in [-0.2, -0.15) is 5.10 Å². The Morgan fingerprint density at radius 2 is 1.75 bits per heavy atom. The second-order valence-electron chi connectivity index (χ2n) is 11.7. The fourth-order valence-electron chi connectivity index (χ4n) is 5.84. The lowest BCUT2D eigenvalue weighted by Gasteiger charge is -2.39. The molecule has 0 radical (unpaired) electrons.